The molecule has 0 saturated heterocycles. The molecule has 0 spiro atoms. The quantitative estimate of drug-likeness (QED) is 0.785. The molecule has 0 aromatic carbocycles. The molecule has 1 aromatic heterocycles. The summed E-state index contributed by atoms with van der Waals surface area (Å²) in [5.41, 5.74) is 1.62. The number of rotatable bonds is 7. The molecule has 0 atom stereocenters. The average Bonchev–Trinajstić information content (AvgIpc) is 2.47. The zero-order valence-electron chi connectivity index (χ0n) is 12.6. The van der Waals surface area contributed by atoms with Gasteiger partial charge in [-0.1, -0.05) is 13.8 Å². The number of urea groups is 1. The molecule has 1 heterocycles. The fourth-order valence-electron chi connectivity index (χ4n) is 1.80. The van der Waals surface area contributed by atoms with Crippen LogP contribution >= 0.6 is 0 Å². The van der Waals surface area contributed by atoms with E-state index in [1.807, 2.05) is 13.8 Å². The monoisotopic (exact) mass is 295 g/mol. The molecule has 0 aliphatic rings. The fourth-order valence-corrected chi connectivity index (χ4v) is 1.80. The second-order valence-corrected chi connectivity index (χ2v) is 4.39. The highest BCUT2D eigenvalue weighted by atomic mass is 16.4. The van der Waals surface area contributed by atoms with Gasteiger partial charge in [0.1, 0.15) is 0 Å². The van der Waals surface area contributed by atoms with Gasteiger partial charge in [0.15, 0.2) is 0 Å². The Hall–Kier alpha value is -2.25. The summed E-state index contributed by atoms with van der Waals surface area (Å²) in [5, 5.41) is 19.1. The van der Waals surface area contributed by atoms with Crippen molar-refractivity contribution in [3.63, 3.8) is 0 Å². The number of carboxylic acids is 1. The molecule has 0 unspecified atom stereocenters. The molecule has 0 fully saturated rings. The van der Waals surface area contributed by atoms with E-state index in [-0.39, 0.29) is 18.9 Å². The highest BCUT2D eigenvalue weighted by Crippen LogP contribution is 2.07. The average molecular weight is 295 g/mol. The highest BCUT2D eigenvalue weighted by molar-refractivity contribution is 5.87. The first-order valence-corrected chi connectivity index (χ1v) is 7.01. The van der Waals surface area contributed by atoms with Crippen molar-refractivity contribution in [2.75, 3.05) is 18.4 Å². The van der Waals surface area contributed by atoms with Gasteiger partial charge in [-0.3, -0.25) is 10.1 Å². The first-order chi connectivity index (χ1) is 10.0. The Morgan fingerprint density at radius 2 is 1.81 bits per heavy atom. The predicted octanol–water partition coefficient (Wildman–Crippen LogP) is 1.32. The van der Waals surface area contributed by atoms with E-state index in [1.165, 1.54) is 4.90 Å². The first-order valence-electron chi connectivity index (χ1n) is 7.01. The Morgan fingerprint density at radius 1 is 1.14 bits per heavy atom. The lowest BCUT2D eigenvalue weighted by molar-refractivity contribution is -0.137. The third-order valence-corrected chi connectivity index (χ3v) is 2.99. The summed E-state index contributed by atoms with van der Waals surface area (Å²) in [6.45, 7) is 6.24. The van der Waals surface area contributed by atoms with Crippen molar-refractivity contribution in [2.45, 2.75) is 40.0 Å². The van der Waals surface area contributed by atoms with Crippen LogP contribution in [0.15, 0.2) is 0 Å². The van der Waals surface area contributed by atoms with Gasteiger partial charge in [-0.05, 0) is 19.8 Å². The molecule has 0 aliphatic carbocycles. The normalized spacial score (nSPS) is 10.2. The van der Waals surface area contributed by atoms with Crippen LogP contribution in [0.4, 0.5) is 10.7 Å². The molecule has 21 heavy (non-hydrogen) atoms. The second-order valence-electron chi connectivity index (χ2n) is 4.39. The number of carboxylic acid groups (broad SMARTS) is 1. The smallest absolute Gasteiger partial charge is 0.324 e. The summed E-state index contributed by atoms with van der Waals surface area (Å²) in [4.78, 5) is 28.2. The van der Waals surface area contributed by atoms with E-state index in [0.29, 0.717) is 13.0 Å². The van der Waals surface area contributed by atoms with Crippen LogP contribution in [-0.2, 0) is 17.6 Å². The topological polar surface area (TPSA) is 108 Å². The lowest BCUT2D eigenvalue weighted by Gasteiger charge is -2.19. The Labute approximate surface area is 123 Å². The molecule has 1 aromatic rings. The summed E-state index contributed by atoms with van der Waals surface area (Å²) >= 11 is 0. The van der Waals surface area contributed by atoms with Gasteiger partial charge in [-0.15, -0.1) is 10.2 Å². The molecule has 0 radical (unpaired) electrons. The van der Waals surface area contributed by atoms with E-state index in [0.717, 1.165) is 17.8 Å². The maximum atomic E-state index is 12.0. The van der Waals surface area contributed by atoms with Gasteiger partial charge in [0.05, 0.1) is 17.8 Å². The van der Waals surface area contributed by atoms with E-state index >= 15 is 0 Å². The minimum atomic E-state index is -0.945. The summed E-state index contributed by atoms with van der Waals surface area (Å²) in [6.07, 6.45) is 1.34. The van der Waals surface area contributed by atoms with Crippen molar-refractivity contribution in [2.24, 2.45) is 0 Å². The molecule has 8 nitrogen and oxygen atoms in total. The van der Waals surface area contributed by atoms with Crippen LogP contribution in [-0.4, -0.2) is 50.3 Å². The zero-order valence-corrected chi connectivity index (χ0v) is 12.6. The molecule has 8 heteroatoms. The molecule has 116 valence electrons. The van der Waals surface area contributed by atoms with E-state index < -0.39 is 12.0 Å². The standard InChI is InChI=1S/C13H21N5O3/c1-4-9-10(5-2)16-17-12(14-9)15-13(21)18(6-3)8-7-11(19)20/h4-8H2,1-3H3,(H,19,20)(H,14,15,17,21). The zero-order chi connectivity index (χ0) is 15.8. The van der Waals surface area contributed by atoms with E-state index in [4.69, 9.17) is 5.11 Å². The summed E-state index contributed by atoms with van der Waals surface area (Å²) < 4.78 is 0. The molecule has 0 aliphatic heterocycles. The van der Waals surface area contributed by atoms with Crippen LogP contribution in [0, 0.1) is 0 Å². The van der Waals surface area contributed by atoms with Crippen molar-refractivity contribution < 1.29 is 14.7 Å². The number of anilines is 1. The highest BCUT2D eigenvalue weighted by Gasteiger charge is 2.15. The van der Waals surface area contributed by atoms with Gasteiger partial charge in [-0.2, -0.15) is 0 Å². The number of hydrogen-bond acceptors (Lipinski definition) is 5. The van der Waals surface area contributed by atoms with Crippen LogP contribution in [0.2, 0.25) is 0 Å². The maximum absolute atomic E-state index is 12.0. The van der Waals surface area contributed by atoms with Crippen molar-refractivity contribution in [3.8, 4) is 0 Å². The van der Waals surface area contributed by atoms with Gasteiger partial charge in [0, 0.05) is 13.1 Å². The molecular weight excluding hydrogens is 274 g/mol. The number of carbonyl (C=O) groups is 2. The van der Waals surface area contributed by atoms with Gasteiger partial charge in [-0.25, -0.2) is 9.78 Å². The second kappa shape index (κ2) is 8.13. The third-order valence-electron chi connectivity index (χ3n) is 2.99. The van der Waals surface area contributed by atoms with Crippen LogP contribution < -0.4 is 5.32 Å². The minimum Gasteiger partial charge on any atom is -0.481 e. The Bertz CT molecular complexity index is 507. The van der Waals surface area contributed by atoms with Crippen molar-refractivity contribution in [1.29, 1.82) is 0 Å². The number of amides is 2. The van der Waals surface area contributed by atoms with Crippen LogP contribution in [0.1, 0.15) is 38.6 Å². The lowest BCUT2D eigenvalue weighted by atomic mass is 10.2. The number of aliphatic carboxylic acids is 1. The van der Waals surface area contributed by atoms with E-state index in [9.17, 15) is 9.59 Å². The molecule has 0 bridgehead atoms. The van der Waals surface area contributed by atoms with E-state index in [2.05, 4.69) is 20.5 Å². The summed E-state index contributed by atoms with van der Waals surface area (Å²) in [5.74, 6) is -0.803. The largest absolute Gasteiger partial charge is 0.481 e. The third kappa shape index (κ3) is 4.97. The van der Waals surface area contributed by atoms with Gasteiger partial charge >= 0.3 is 12.0 Å². The molecule has 1 rings (SSSR count). The Balaban J connectivity index is 2.74. The van der Waals surface area contributed by atoms with Gasteiger partial charge in [0.2, 0.25) is 0 Å². The molecule has 2 N–H and O–H groups in total. The van der Waals surface area contributed by atoms with Crippen molar-refractivity contribution in [3.05, 3.63) is 11.4 Å². The fraction of sp³-hybridized carbons (Fsp3) is 0.615. The number of hydrogen-bond donors (Lipinski definition) is 2. The molecular formula is C13H21N5O3. The lowest BCUT2D eigenvalue weighted by Crippen LogP contribution is -2.37. The molecule has 0 saturated carbocycles. The summed E-state index contributed by atoms with van der Waals surface area (Å²) in [7, 11) is 0. The van der Waals surface area contributed by atoms with Gasteiger partial charge in [0.25, 0.3) is 5.95 Å². The number of nitrogens with one attached hydrogen (secondary N) is 1. The van der Waals surface area contributed by atoms with Crippen LogP contribution in [0.3, 0.4) is 0 Å². The SMILES string of the molecule is CCc1nnc(NC(=O)N(CC)CCC(=O)O)nc1CC. The number of aromatic nitrogens is 3. The van der Waals surface area contributed by atoms with E-state index in [1.54, 1.807) is 6.92 Å². The minimum absolute atomic E-state index is 0.102. The maximum Gasteiger partial charge on any atom is 0.324 e. The predicted molar refractivity (Wildman–Crippen MR) is 77.1 cm³/mol. The van der Waals surface area contributed by atoms with Gasteiger partial charge < -0.3 is 10.0 Å². The number of aryl methyl sites for hydroxylation is 2. The number of carbonyl (C=O) groups excluding carboxylic acids is 1. The first kappa shape index (κ1) is 16.8. The van der Waals surface area contributed by atoms with Crippen molar-refractivity contribution in [1.82, 2.24) is 20.1 Å². The Kier molecular flexibility index (Phi) is 6.51. The van der Waals surface area contributed by atoms with Crippen LogP contribution in [0.25, 0.3) is 0 Å². The summed E-state index contributed by atoms with van der Waals surface area (Å²) in [6, 6.07) is -0.424. The Morgan fingerprint density at radius 3 is 2.33 bits per heavy atom. The molecule has 2 amide bonds. The number of nitrogens with zero attached hydrogens (tertiary/aromatic N) is 4. The van der Waals surface area contributed by atoms with Crippen molar-refractivity contribution >= 4 is 17.9 Å². The van der Waals surface area contributed by atoms with Crippen LogP contribution in [0.5, 0.6) is 0 Å².